The lowest BCUT2D eigenvalue weighted by Crippen LogP contribution is -2.45. The van der Waals surface area contributed by atoms with E-state index in [4.69, 9.17) is 4.74 Å². The van der Waals surface area contributed by atoms with E-state index in [0.29, 0.717) is 17.9 Å². The molecule has 2 aliphatic carbocycles. The van der Waals surface area contributed by atoms with Crippen molar-refractivity contribution >= 4 is 5.78 Å². The maximum Gasteiger partial charge on any atom is 0.158 e. The summed E-state index contributed by atoms with van der Waals surface area (Å²) in [6.45, 7) is 8.55. The van der Waals surface area contributed by atoms with Gasteiger partial charge < -0.3 is 4.74 Å². The molecule has 2 fully saturated rings. The number of epoxide rings is 1. The highest BCUT2D eigenvalue weighted by Gasteiger charge is 2.72. The van der Waals surface area contributed by atoms with E-state index in [9.17, 15) is 4.79 Å². The van der Waals surface area contributed by atoms with Gasteiger partial charge in [0, 0.05) is 11.5 Å². The Kier molecular flexibility index (Phi) is 1.83. The standard InChI is InChI=1S/C14H20O2/c1-8-7-10(9(2)15)14-11(13(8,3)4)5-6-12(14)16-14/h7-8,11-12H,5-6H2,1-4H3/t8-,11+,12?,14?/m0/s1. The summed E-state index contributed by atoms with van der Waals surface area (Å²) in [5.41, 5.74) is 1.04. The summed E-state index contributed by atoms with van der Waals surface area (Å²) >= 11 is 0. The van der Waals surface area contributed by atoms with Crippen molar-refractivity contribution in [2.45, 2.75) is 52.2 Å². The number of Topliss-reactive ketones (excluding diaryl/α,β-unsaturated/α-hetero) is 1. The predicted octanol–water partition coefficient (Wildman–Crippen LogP) is 2.73. The van der Waals surface area contributed by atoms with Crippen molar-refractivity contribution < 1.29 is 9.53 Å². The van der Waals surface area contributed by atoms with E-state index in [-0.39, 0.29) is 16.8 Å². The summed E-state index contributed by atoms with van der Waals surface area (Å²) in [5, 5.41) is 0. The van der Waals surface area contributed by atoms with E-state index in [1.165, 1.54) is 6.42 Å². The van der Waals surface area contributed by atoms with Crippen molar-refractivity contribution in [2.24, 2.45) is 17.3 Å². The molecule has 1 heterocycles. The monoisotopic (exact) mass is 220 g/mol. The van der Waals surface area contributed by atoms with Gasteiger partial charge in [-0.25, -0.2) is 0 Å². The Balaban J connectivity index is 2.12. The molecule has 1 spiro atoms. The second kappa shape index (κ2) is 2.79. The third kappa shape index (κ3) is 0.994. The molecule has 2 nitrogen and oxygen atoms in total. The first-order valence-electron chi connectivity index (χ1n) is 6.31. The summed E-state index contributed by atoms with van der Waals surface area (Å²) in [7, 11) is 0. The van der Waals surface area contributed by atoms with Crippen molar-refractivity contribution in [1.82, 2.24) is 0 Å². The summed E-state index contributed by atoms with van der Waals surface area (Å²) in [6, 6.07) is 0. The molecule has 4 atom stereocenters. The summed E-state index contributed by atoms with van der Waals surface area (Å²) in [5.74, 6) is 1.20. The van der Waals surface area contributed by atoms with E-state index in [2.05, 4.69) is 26.8 Å². The summed E-state index contributed by atoms with van der Waals surface area (Å²) in [6.07, 6.45) is 4.85. The van der Waals surface area contributed by atoms with Crippen molar-refractivity contribution in [3.05, 3.63) is 11.6 Å². The van der Waals surface area contributed by atoms with Crippen LogP contribution in [0, 0.1) is 17.3 Å². The molecule has 0 N–H and O–H groups in total. The van der Waals surface area contributed by atoms with Crippen LogP contribution in [-0.4, -0.2) is 17.5 Å². The first-order chi connectivity index (χ1) is 7.40. The van der Waals surface area contributed by atoms with E-state index in [1.54, 1.807) is 6.92 Å². The van der Waals surface area contributed by atoms with Crippen LogP contribution in [0.3, 0.4) is 0 Å². The lowest BCUT2D eigenvalue weighted by molar-refractivity contribution is -0.115. The van der Waals surface area contributed by atoms with Gasteiger partial charge in [-0.1, -0.05) is 26.8 Å². The predicted molar refractivity (Wildman–Crippen MR) is 62.0 cm³/mol. The number of ketones is 1. The Labute approximate surface area is 97.1 Å². The van der Waals surface area contributed by atoms with Gasteiger partial charge in [-0.15, -0.1) is 0 Å². The molecule has 3 rings (SSSR count). The largest absolute Gasteiger partial charge is 0.361 e. The highest BCUT2D eigenvalue weighted by atomic mass is 16.6. The molecule has 0 aromatic heterocycles. The molecule has 16 heavy (non-hydrogen) atoms. The molecule has 1 saturated heterocycles. The quantitative estimate of drug-likeness (QED) is 0.636. The highest BCUT2D eigenvalue weighted by Crippen LogP contribution is 2.66. The normalized spacial score (nSPS) is 48.0. The van der Waals surface area contributed by atoms with Crippen LogP contribution in [0.4, 0.5) is 0 Å². The average Bonchev–Trinajstić information content (AvgIpc) is 2.77. The minimum Gasteiger partial charge on any atom is -0.361 e. The number of rotatable bonds is 1. The SMILES string of the molecule is CC(=O)C1=C[C@H](C)C(C)(C)[C@H]2CCC3OC132. The topological polar surface area (TPSA) is 29.6 Å². The van der Waals surface area contributed by atoms with Gasteiger partial charge in [-0.05, 0) is 31.1 Å². The maximum atomic E-state index is 11.8. The molecule has 3 aliphatic rings. The van der Waals surface area contributed by atoms with Gasteiger partial charge in [0.2, 0.25) is 0 Å². The lowest BCUT2D eigenvalue weighted by atomic mass is 9.59. The van der Waals surface area contributed by atoms with Gasteiger partial charge in [0.05, 0.1) is 6.10 Å². The van der Waals surface area contributed by atoms with Crippen molar-refractivity contribution in [1.29, 1.82) is 0 Å². The van der Waals surface area contributed by atoms with Gasteiger partial charge >= 0.3 is 0 Å². The number of hydrogen-bond acceptors (Lipinski definition) is 2. The van der Waals surface area contributed by atoms with Crippen LogP contribution in [0.15, 0.2) is 11.6 Å². The Morgan fingerprint density at radius 1 is 1.44 bits per heavy atom. The van der Waals surface area contributed by atoms with E-state index in [0.717, 1.165) is 12.0 Å². The number of hydrogen-bond donors (Lipinski definition) is 0. The van der Waals surface area contributed by atoms with Gasteiger partial charge in [-0.2, -0.15) is 0 Å². The molecule has 88 valence electrons. The third-order valence-electron chi connectivity index (χ3n) is 5.28. The zero-order chi connectivity index (χ0) is 11.7. The lowest BCUT2D eigenvalue weighted by Gasteiger charge is -2.44. The summed E-state index contributed by atoms with van der Waals surface area (Å²) in [4.78, 5) is 11.8. The number of carbonyl (C=O) groups excluding carboxylic acids is 1. The molecule has 0 bridgehead atoms. The fourth-order valence-corrected chi connectivity index (χ4v) is 3.97. The van der Waals surface area contributed by atoms with Gasteiger partial charge in [0.15, 0.2) is 5.78 Å². The smallest absolute Gasteiger partial charge is 0.158 e. The Morgan fingerprint density at radius 2 is 2.12 bits per heavy atom. The average molecular weight is 220 g/mol. The highest BCUT2D eigenvalue weighted by molar-refractivity contribution is 5.96. The van der Waals surface area contributed by atoms with Crippen LogP contribution in [0.1, 0.15) is 40.5 Å². The van der Waals surface area contributed by atoms with E-state index in [1.807, 2.05) is 0 Å². The molecular formula is C14H20O2. The zero-order valence-electron chi connectivity index (χ0n) is 10.5. The van der Waals surface area contributed by atoms with Crippen LogP contribution in [0.5, 0.6) is 0 Å². The molecule has 2 unspecified atom stereocenters. The Bertz CT molecular complexity index is 394. The van der Waals surface area contributed by atoms with Crippen LogP contribution >= 0.6 is 0 Å². The molecule has 0 radical (unpaired) electrons. The number of ether oxygens (including phenoxy) is 1. The summed E-state index contributed by atoms with van der Waals surface area (Å²) < 4.78 is 5.91. The molecule has 0 aromatic carbocycles. The van der Waals surface area contributed by atoms with Crippen LogP contribution in [0.2, 0.25) is 0 Å². The fourth-order valence-electron chi connectivity index (χ4n) is 3.97. The van der Waals surface area contributed by atoms with Crippen LogP contribution < -0.4 is 0 Å². The first-order valence-corrected chi connectivity index (χ1v) is 6.31. The van der Waals surface area contributed by atoms with Crippen LogP contribution in [-0.2, 0) is 9.53 Å². The van der Waals surface area contributed by atoms with Gasteiger partial charge in [-0.3, -0.25) is 4.79 Å². The zero-order valence-corrected chi connectivity index (χ0v) is 10.5. The van der Waals surface area contributed by atoms with Crippen molar-refractivity contribution in [3.63, 3.8) is 0 Å². The second-order valence-electron chi connectivity index (χ2n) is 6.28. The Morgan fingerprint density at radius 3 is 2.69 bits per heavy atom. The molecule has 2 heteroatoms. The molecular weight excluding hydrogens is 200 g/mol. The van der Waals surface area contributed by atoms with Gasteiger partial charge in [0.25, 0.3) is 0 Å². The van der Waals surface area contributed by atoms with Crippen molar-refractivity contribution in [2.75, 3.05) is 0 Å². The maximum absolute atomic E-state index is 11.8. The molecule has 0 amide bonds. The minimum absolute atomic E-state index is 0.179. The van der Waals surface area contributed by atoms with Gasteiger partial charge in [0.1, 0.15) is 5.60 Å². The second-order valence-corrected chi connectivity index (χ2v) is 6.28. The first kappa shape index (κ1) is 10.5. The molecule has 1 aliphatic heterocycles. The third-order valence-corrected chi connectivity index (χ3v) is 5.28. The minimum atomic E-state index is -0.179. The molecule has 0 aromatic rings. The molecule has 1 saturated carbocycles. The van der Waals surface area contributed by atoms with E-state index >= 15 is 0 Å². The van der Waals surface area contributed by atoms with E-state index < -0.39 is 0 Å². The number of allylic oxidation sites excluding steroid dienone is 1. The Hall–Kier alpha value is -0.630. The van der Waals surface area contributed by atoms with Crippen molar-refractivity contribution in [3.8, 4) is 0 Å². The van der Waals surface area contributed by atoms with Crippen LogP contribution in [0.25, 0.3) is 0 Å². The number of carbonyl (C=O) groups is 1. The fraction of sp³-hybridized carbons (Fsp3) is 0.786.